The summed E-state index contributed by atoms with van der Waals surface area (Å²) in [6.07, 6.45) is -2.51. The summed E-state index contributed by atoms with van der Waals surface area (Å²) < 4.78 is 7.99. The highest BCUT2D eigenvalue weighted by atomic mass is 16.5. The van der Waals surface area contributed by atoms with Crippen molar-refractivity contribution in [2.75, 3.05) is 32.8 Å². The molecule has 3 heterocycles. The maximum atomic E-state index is 13.2. The van der Waals surface area contributed by atoms with E-state index in [9.17, 15) is 30.0 Å². The van der Waals surface area contributed by atoms with E-state index < -0.39 is 42.7 Å². The molecule has 48 heavy (non-hydrogen) atoms. The molecule has 5 N–H and O–H groups in total. The minimum absolute atomic E-state index is 0.0409. The second kappa shape index (κ2) is 15.1. The number of carbonyl (C=O) groups excluding carboxylic acids is 2. The van der Waals surface area contributed by atoms with Gasteiger partial charge in [0.05, 0.1) is 12.1 Å². The summed E-state index contributed by atoms with van der Waals surface area (Å²) in [7, 11) is 0. The smallest absolute Gasteiger partial charge is 0.247 e. The molecule has 2 amide bonds. The summed E-state index contributed by atoms with van der Waals surface area (Å²) in [5.74, 6) is -0.170. The quantitative estimate of drug-likeness (QED) is 0.210. The first-order valence-corrected chi connectivity index (χ1v) is 17.1. The molecule has 2 fully saturated rings. The van der Waals surface area contributed by atoms with Gasteiger partial charge < -0.3 is 39.9 Å². The van der Waals surface area contributed by atoms with Crippen LogP contribution in [0.1, 0.15) is 68.9 Å². The molecule has 2 aliphatic rings. The summed E-state index contributed by atoms with van der Waals surface area (Å²) in [5.41, 5.74) is 3.91. The molecule has 0 aliphatic carbocycles. The average Bonchev–Trinajstić information content (AvgIpc) is 3.43. The Bertz CT molecular complexity index is 1560. The Morgan fingerprint density at radius 3 is 2.27 bits per heavy atom. The van der Waals surface area contributed by atoms with E-state index in [1.807, 2.05) is 36.2 Å². The molecular formula is C37H52N4O7. The van der Waals surface area contributed by atoms with Crippen LogP contribution in [0.25, 0.3) is 10.9 Å². The number of aromatic nitrogens is 1. The Hall–Kier alpha value is -3.32. The molecule has 5 rings (SSSR count). The van der Waals surface area contributed by atoms with Gasteiger partial charge in [0.2, 0.25) is 11.8 Å². The number of ether oxygens (including phenoxy) is 1. The van der Waals surface area contributed by atoms with Gasteiger partial charge in [0, 0.05) is 62.3 Å². The van der Waals surface area contributed by atoms with Gasteiger partial charge in [-0.05, 0) is 64.2 Å². The number of carbonyl (C=O) groups is 2. The van der Waals surface area contributed by atoms with Crippen LogP contribution in [-0.2, 0) is 27.3 Å². The van der Waals surface area contributed by atoms with Crippen molar-refractivity contribution in [2.45, 2.75) is 103 Å². The lowest BCUT2D eigenvalue weighted by molar-refractivity contribution is -0.231. The largest absolute Gasteiger partial charge is 0.394 e. The lowest BCUT2D eigenvalue weighted by Gasteiger charge is -2.40. The van der Waals surface area contributed by atoms with Crippen molar-refractivity contribution in [1.29, 1.82) is 0 Å². The van der Waals surface area contributed by atoms with Crippen LogP contribution >= 0.6 is 0 Å². The van der Waals surface area contributed by atoms with Gasteiger partial charge in [0.15, 0.2) is 0 Å². The summed E-state index contributed by atoms with van der Waals surface area (Å²) in [4.78, 5) is 30.2. The standard InChI is InChI=1S/C37H52N4O7/c1-23(2)39-16-18-40(19-17-39)36(47)37(4,5)38-30(43)11-7-9-25-12-14-26(15-13-25)20-41-21-28(27-10-6-8-24(3)31(27)41)35-34(46)33(45)32(44)29(22-42)48-35/h6,8,10,12-15,21,23,29,32-35,42,44-46H,7,9,11,16-20,22H2,1-5H3,(H,38,43)/t29-,32-,33+,34-,35+/m1/s1. The molecule has 2 aliphatic heterocycles. The number of amides is 2. The molecule has 0 bridgehead atoms. The number of aryl methyl sites for hydroxylation is 2. The van der Waals surface area contributed by atoms with E-state index in [0.29, 0.717) is 44.1 Å². The number of fused-ring (bicyclic) bond motifs is 1. The van der Waals surface area contributed by atoms with Crippen molar-refractivity contribution in [2.24, 2.45) is 0 Å². The summed E-state index contributed by atoms with van der Waals surface area (Å²) in [6, 6.07) is 14.6. The summed E-state index contributed by atoms with van der Waals surface area (Å²) in [5, 5.41) is 45.1. The van der Waals surface area contributed by atoms with Crippen LogP contribution in [0.3, 0.4) is 0 Å². The third-order valence-corrected chi connectivity index (χ3v) is 9.89. The molecule has 5 atom stereocenters. The fourth-order valence-electron chi connectivity index (χ4n) is 7.05. The molecule has 3 aromatic rings. The molecule has 0 saturated carbocycles. The van der Waals surface area contributed by atoms with Crippen LogP contribution in [0, 0.1) is 6.92 Å². The number of aliphatic hydroxyl groups excluding tert-OH is 4. The van der Waals surface area contributed by atoms with Crippen molar-refractivity contribution >= 4 is 22.7 Å². The minimum Gasteiger partial charge on any atom is -0.394 e. The zero-order valence-corrected chi connectivity index (χ0v) is 28.8. The Morgan fingerprint density at radius 1 is 0.958 bits per heavy atom. The first-order chi connectivity index (χ1) is 22.8. The minimum atomic E-state index is -1.45. The van der Waals surface area contributed by atoms with Gasteiger partial charge in [-0.25, -0.2) is 0 Å². The van der Waals surface area contributed by atoms with Crippen molar-refractivity contribution in [1.82, 2.24) is 19.7 Å². The number of para-hydroxylation sites is 1. The zero-order valence-electron chi connectivity index (χ0n) is 28.8. The molecule has 0 unspecified atom stereocenters. The third kappa shape index (κ3) is 7.77. The molecule has 0 radical (unpaired) electrons. The van der Waals surface area contributed by atoms with Gasteiger partial charge in [0.25, 0.3) is 0 Å². The van der Waals surface area contributed by atoms with E-state index in [-0.39, 0.29) is 11.8 Å². The second-order valence-corrected chi connectivity index (χ2v) is 14.2. The van der Waals surface area contributed by atoms with E-state index in [0.717, 1.165) is 47.1 Å². The second-order valence-electron chi connectivity index (χ2n) is 14.2. The lowest BCUT2D eigenvalue weighted by Crippen LogP contribution is -2.60. The van der Waals surface area contributed by atoms with Crippen LogP contribution in [0.2, 0.25) is 0 Å². The summed E-state index contributed by atoms with van der Waals surface area (Å²) >= 11 is 0. The van der Waals surface area contributed by atoms with E-state index in [1.165, 1.54) is 0 Å². The fourth-order valence-corrected chi connectivity index (χ4v) is 7.05. The molecule has 11 nitrogen and oxygen atoms in total. The van der Waals surface area contributed by atoms with Gasteiger partial charge in [-0.2, -0.15) is 0 Å². The first-order valence-electron chi connectivity index (χ1n) is 17.1. The number of benzene rings is 2. The van der Waals surface area contributed by atoms with Crippen LogP contribution in [0.4, 0.5) is 0 Å². The SMILES string of the molecule is Cc1cccc2c([C@@H]3O[C@H](CO)[C@@H](O)[C@H](O)[C@H]3O)cn(Cc3ccc(CCCC(=O)NC(C)(C)C(=O)N4CCN(C(C)C)CC4)cc3)c12. The molecule has 11 heteroatoms. The fraction of sp³-hybridized carbons (Fsp3) is 0.568. The molecular weight excluding hydrogens is 612 g/mol. The highest BCUT2D eigenvalue weighted by molar-refractivity contribution is 5.91. The topological polar surface area (TPSA) is 148 Å². The van der Waals surface area contributed by atoms with Gasteiger partial charge in [-0.1, -0.05) is 42.5 Å². The highest BCUT2D eigenvalue weighted by Gasteiger charge is 2.45. The Kier molecular flexibility index (Phi) is 11.3. The van der Waals surface area contributed by atoms with Crippen molar-refractivity contribution in [3.63, 3.8) is 0 Å². The number of hydrogen-bond donors (Lipinski definition) is 5. The molecule has 2 aromatic carbocycles. The number of nitrogens with zero attached hydrogens (tertiary/aromatic N) is 3. The maximum absolute atomic E-state index is 13.2. The number of piperazine rings is 1. The predicted octanol–water partition coefficient (Wildman–Crippen LogP) is 2.28. The third-order valence-electron chi connectivity index (χ3n) is 9.89. The molecule has 0 spiro atoms. The van der Waals surface area contributed by atoms with Crippen molar-refractivity contribution in [3.8, 4) is 0 Å². The predicted molar refractivity (Wildman–Crippen MR) is 183 cm³/mol. The Morgan fingerprint density at radius 2 is 1.62 bits per heavy atom. The van der Waals surface area contributed by atoms with Gasteiger partial charge in [0.1, 0.15) is 36.1 Å². The van der Waals surface area contributed by atoms with E-state index in [4.69, 9.17) is 4.74 Å². The van der Waals surface area contributed by atoms with E-state index >= 15 is 0 Å². The lowest BCUT2D eigenvalue weighted by atomic mass is 9.91. The average molecular weight is 665 g/mol. The first kappa shape index (κ1) is 36.0. The Balaban J connectivity index is 1.18. The van der Waals surface area contributed by atoms with Gasteiger partial charge in [-0.3, -0.25) is 14.5 Å². The number of nitrogens with one attached hydrogen (secondary N) is 1. The van der Waals surface area contributed by atoms with E-state index in [1.54, 1.807) is 13.8 Å². The van der Waals surface area contributed by atoms with Crippen LogP contribution in [0.5, 0.6) is 0 Å². The van der Waals surface area contributed by atoms with Crippen molar-refractivity contribution in [3.05, 3.63) is 70.9 Å². The molecule has 1 aromatic heterocycles. The monoisotopic (exact) mass is 664 g/mol. The Labute approximate surface area is 283 Å². The normalized spacial score (nSPS) is 24.0. The molecule has 2 saturated heterocycles. The van der Waals surface area contributed by atoms with E-state index in [2.05, 4.69) is 52.9 Å². The number of aliphatic hydroxyl groups is 4. The van der Waals surface area contributed by atoms with Crippen molar-refractivity contribution < 1.29 is 34.8 Å². The van der Waals surface area contributed by atoms with Crippen LogP contribution in [-0.4, -0.2) is 115 Å². The highest BCUT2D eigenvalue weighted by Crippen LogP contribution is 2.38. The number of hydrogen-bond acceptors (Lipinski definition) is 8. The van der Waals surface area contributed by atoms with Crippen LogP contribution < -0.4 is 5.32 Å². The van der Waals surface area contributed by atoms with Gasteiger partial charge >= 0.3 is 0 Å². The zero-order chi connectivity index (χ0) is 34.7. The van der Waals surface area contributed by atoms with Crippen LogP contribution in [0.15, 0.2) is 48.7 Å². The number of rotatable bonds is 11. The maximum Gasteiger partial charge on any atom is 0.247 e. The van der Waals surface area contributed by atoms with Gasteiger partial charge in [-0.15, -0.1) is 0 Å². The summed E-state index contributed by atoms with van der Waals surface area (Å²) in [6.45, 7) is 13.0. The molecule has 262 valence electrons.